The fraction of sp³-hybridized carbons (Fsp3) is 0.545. The molecule has 0 bridgehead atoms. The highest BCUT2D eigenvalue weighted by molar-refractivity contribution is 9.11. The lowest BCUT2D eigenvalue weighted by molar-refractivity contribution is 0.355. The molecule has 0 aromatic carbocycles. The van der Waals surface area contributed by atoms with Crippen molar-refractivity contribution in [2.75, 3.05) is 6.54 Å². The van der Waals surface area contributed by atoms with Crippen molar-refractivity contribution < 1.29 is 0 Å². The molecule has 0 atom stereocenters. The Kier molecular flexibility index (Phi) is 4.11. The maximum atomic E-state index is 4.33. The van der Waals surface area contributed by atoms with Crippen LogP contribution >= 0.6 is 15.9 Å². The Morgan fingerprint density at radius 2 is 2.27 bits per heavy atom. The first kappa shape index (κ1) is 12.5. The SMILES string of the molecule is C=C(Br)CNCc1cnn(C(C)(C)C)c1. The van der Waals surface area contributed by atoms with Crippen molar-refractivity contribution in [3.8, 4) is 0 Å². The minimum atomic E-state index is 0.0528. The molecule has 0 aliphatic carbocycles. The molecule has 0 fully saturated rings. The highest BCUT2D eigenvalue weighted by Crippen LogP contribution is 2.13. The van der Waals surface area contributed by atoms with Crippen molar-refractivity contribution in [3.05, 3.63) is 29.0 Å². The van der Waals surface area contributed by atoms with Crippen LogP contribution in [0.1, 0.15) is 26.3 Å². The van der Waals surface area contributed by atoms with Gasteiger partial charge in [0.1, 0.15) is 0 Å². The molecule has 1 aromatic rings. The molecule has 1 heterocycles. The monoisotopic (exact) mass is 271 g/mol. The summed E-state index contributed by atoms with van der Waals surface area (Å²) >= 11 is 3.31. The van der Waals surface area contributed by atoms with Gasteiger partial charge in [0, 0.05) is 29.3 Å². The topological polar surface area (TPSA) is 29.9 Å². The minimum absolute atomic E-state index is 0.0528. The summed E-state index contributed by atoms with van der Waals surface area (Å²) in [5, 5.41) is 7.59. The summed E-state index contributed by atoms with van der Waals surface area (Å²) in [6, 6.07) is 0. The average Bonchev–Trinajstić information content (AvgIpc) is 2.51. The number of halogens is 1. The Morgan fingerprint density at radius 1 is 1.60 bits per heavy atom. The second-order valence-corrected chi connectivity index (χ2v) is 5.71. The molecule has 1 rings (SSSR count). The zero-order valence-electron chi connectivity index (χ0n) is 9.55. The molecule has 0 aliphatic rings. The van der Waals surface area contributed by atoms with Crippen molar-refractivity contribution in [1.82, 2.24) is 15.1 Å². The maximum absolute atomic E-state index is 4.33. The van der Waals surface area contributed by atoms with Gasteiger partial charge in [-0.2, -0.15) is 5.10 Å². The van der Waals surface area contributed by atoms with Crippen LogP contribution in [0.15, 0.2) is 23.5 Å². The lowest BCUT2D eigenvalue weighted by atomic mass is 10.1. The van der Waals surface area contributed by atoms with E-state index in [0.717, 1.165) is 17.6 Å². The highest BCUT2D eigenvalue weighted by Gasteiger charge is 2.13. The largest absolute Gasteiger partial charge is 0.308 e. The van der Waals surface area contributed by atoms with E-state index in [4.69, 9.17) is 0 Å². The molecule has 84 valence electrons. The van der Waals surface area contributed by atoms with Crippen LogP contribution in [-0.2, 0) is 12.1 Å². The van der Waals surface area contributed by atoms with Crippen molar-refractivity contribution in [3.63, 3.8) is 0 Å². The van der Waals surface area contributed by atoms with Gasteiger partial charge in [0.25, 0.3) is 0 Å². The van der Waals surface area contributed by atoms with E-state index in [1.54, 1.807) is 0 Å². The third-order valence-electron chi connectivity index (χ3n) is 1.97. The number of hydrogen-bond donors (Lipinski definition) is 1. The summed E-state index contributed by atoms with van der Waals surface area (Å²) in [6.45, 7) is 11.8. The summed E-state index contributed by atoms with van der Waals surface area (Å²) < 4.78 is 2.94. The normalized spacial score (nSPS) is 11.7. The summed E-state index contributed by atoms with van der Waals surface area (Å²) in [5.41, 5.74) is 1.25. The van der Waals surface area contributed by atoms with E-state index < -0.39 is 0 Å². The van der Waals surface area contributed by atoms with Crippen LogP contribution in [0.2, 0.25) is 0 Å². The third-order valence-corrected chi connectivity index (χ3v) is 2.25. The predicted octanol–water partition coefficient (Wildman–Crippen LogP) is 2.64. The van der Waals surface area contributed by atoms with Crippen molar-refractivity contribution in [2.45, 2.75) is 32.9 Å². The maximum Gasteiger partial charge on any atom is 0.0543 e. The Balaban J connectivity index is 2.50. The number of nitrogens with zero attached hydrogens (tertiary/aromatic N) is 2. The van der Waals surface area contributed by atoms with Gasteiger partial charge in [0.2, 0.25) is 0 Å². The Morgan fingerprint density at radius 3 is 2.73 bits per heavy atom. The van der Waals surface area contributed by atoms with Gasteiger partial charge in [0.15, 0.2) is 0 Å². The molecule has 0 saturated carbocycles. The first-order valence-electron chi connectivity index (χ1n) is 4.97. The van der Waals surface area contributed by atoms with Gasteiger partial charge >= 0.3 is 0 Å². The summed E-state index contributed by atoms with van der Waals surface area (Å²) in [7, 11) is 0. The van der Waals surface area contributed by atoms with Gasteiger partial charge in [0.05, 0.1) is 11.7 Å². The Hall–Kier alpha value is -0.610. The van der Waals surface area contributed by atoms with Crippen LogP contribution in [0.3, 0.4) is 0 Å². The molecular formula is C11H18BrN3. The van der Waals surface area contributed by atoms with E-state index in [1.165, 1.54) is 5.56 Å². The summed E-state index contributed by atoms with van der Waals surface area (Å²) in [4.78, 5) is 0. The fourth-order valence-corrected chi connectivity index (χ4v) is 1.36. The standard InChI is InChI=1S/C11H18BrN3/c1-9(12)5-13-6-10-7-14-15(8-10)11(2,3)4/h7-8,13H,1,5-6H2,2-4H3. The molecule has 0 unspecified atom stereocenters. The van der Waals surface area contributed by atoms with Gasteiger partial charge in [-0.05, 0) is 20.8 Å². The molecule has 0 amide bonds. The predicted molar refractivity (Wildman–Crippen MR) is 67.0 cm³/mol. The molecule has 0 aliphatic heterocycles. The Labute approximate surface area is 99.7 Å². The third kappa shape index (κ3) is 4.18. The lowest BCUT2D eigenvalue weighted by Gasteiger charge is -2.18. The van der Waals surface area contributed by atoms with E-state index in [1.807, 2.05) is 10.9 Å². The first-order valence-corrected chi connectivity index (χ1v) is 5.77. The van der Waals surface area contributed by atoms with Gasteiger partial charge in [-0.25, -0.2) is 0 Å². The molecular weight excluding hydrogens is 254 g/mol. The van der Waals surface area contributed by atoms with Crippen LogP contribution in [0.25, 0.3) is 0 Å². The van der Waals surface area contributed by atoms with Crippen LogP contribution in [0.5, 0.6) is 0 Å². The van der Waals surface area contributed by atoms with Crippen LogP contribution < -0.4 is 5.32 Å². The van der Waals surface area contributed by atoms with E-state index in [-0.39, 0.29) is 5.54 Å². The van der Waals surface area contributed by atoms with Gasteiger partial charge in [-0.3, -0.25) is 4.68 Å². The number of hydrogen-bond acceptors (Lipinski definition) is 2. The number of aromatic nitrogens is 2. The summed E-state index contributed by atoms with van der Waals surface area (Å²) in [6.07, 6.45) is 3.97. The molecule has 15 heavy (non-hydrogen) atoms. The molecule has 1 N–H and O–H groups in total. The van der Waals surface area contributed by atoms with Crippen molar-refractivity contribution in [2.24, 2.45) is 0 Å². The van der Waals surface area contributed by atoms with E-state index in [2.05, 4.69) is 59.9 Å². The molecule has 0 radical (unpaired) electrons. The molecule has 0 spiro atoms. The average molecular weight is 272 g/mol. The minimum Gasteiger partial charge on any atom is -0.308 e. The van der Waals surface area contributed by atoms with Crippen LogP contribution in [0.4, 0.5) is 0 Å². The van der Waals surface area contributed by atoms with Gasteiger partial charge in [-0.15, -0.1) is 0 Å². The smallest absolute Gasteiger partial charge is 0.0543 e. The summed E-state index contributed by atoms with van der Waals surface area (Å²) in [5.74, 6) is 0. The van der Waals surface area contributed by atoms with E-state index in [0.29, 0.717) is 0 Å². The number of rotatable bonds is 4. The van der Waals surface area contributed by atoms with Crippen molar-refractivity contribution >= 4 is 15.9 Å². The van der Waals surface area contributed by atoms with Gasteiger partial charge < -0.3 is 5.32 Å². The van der Waals surface area contributed by atoms with Crippen LogP contribution in [0, 0.1) is 0 Å². The quantitative estimate of drug-likeness (QED) is 0.913. The zero-order chi connectivity index (χ0) is 11.5. The highest BCUT2D eigenvalue weighted by atomic mass is 79.9. The number of nitrogens with one attached hydrogen (secondary N) is 1. The van der Waals surface area contributed by atoms with E-state index >= 15 is 0 Å². The second-order valence-electron chi connectivity index (χ2n) is 4.58. The van der Waals surface area contributed by atoms with Crippen molar-refractivity contribution in [1.29, 1.82) is 0 Å². The molecule has 3 nitrogen and oxygen atoms in total. The Bertz CT molecular complexity index is 336. The van der Waals surface area contributed by atoms with E-state index in [9.17, 15) is 0 Å². The van der Waals surface area contributed by atoms with Gasteiger partial charge in [-0.1, -0.05) is 22.5 Å². The molecule has 4 heteroatoms. The van der Waals surface area contributed by atoms with Crippen LogP contribution in [-0.4, -0.2) is 16.3 Å². The zero-order valence-corrected chi connectivity index (χ0v) is 11.1. The second kappa shape index (κ2) is 4.94. The molecule has 1 aromatic heterocycles. The lowest BCUT2D eigenvalue weighted by Crippen LogP contribution is -2.22. The fourth-order valence-electron chi connectivity index (χ4n) is 1.16. The molecule has 0 saturated heterocycles. The first-order chi connectivity index (χ1) is 6.89.